The summed E-state index contributed by atoms with van der Waals surface area (Å²) < 4.78 is 56.7. The topological polar surface area (TPSA) is 39.9 Å². The molecule has 4 rings (SSSR count). The fraction of sp³-hybridized carbons (Fsp3) is 0.263. The minimum atomic E-state index is -4.71. The van der Waals surface area contributed by atoms with Crippen molar-refractivity contribution in [1.82, 2.24) is 14.8 Å². The number of nitrogens with zero attached hydrogens (tertiary/aromatic N) is 3. The molecule has 1 fully saturated rings. The molecule has 9 heteroatoms. The van der Waals surface area contributed by atoms with E-state index < -0.39 is 6.36 Å². The number of thioether (sulfide) groups is 1. The summed E-state index contributed by atoms with van der Waals surface area (Å²) in [4.78, 5) is 0. The van der Waals surface area contributed by atoms with E-state index in [0.717, 1.165) is 18.4 Å². The van der Waals surface area contributed by atoms with E-state index in [0.29, 0.717) is 22.3 Å². The van der Waals surface area contributed by atoms with Gasteiger partial charge in [-0.3, -0.25) is 4.57 Å². The molecule has 3 aromatic rings. The quantitative estimate of drug-likeness (QED) is 0.392. The van der Waals surface area contributed by atoms with Crippen molar-refractivity contribution in [3.8, 4) is 17.1 Å². The van der Waals surface area contributed by atoms with Gasteiger partial charge in [0.2, 0.25) is 0 Å². The van der Waals surface area contributed by atoms with E-state index in [1.165, 1.54) is 30.0 Å². The van der Waals surface area contributed by atoms with E-state index in [4.69, 9.17) is 0 Å². The molecule has 1 heterocycles. The van der Waals surface area contributed by atoms with Crippen LogP contribution in [0.4, 0.5) is 17.6 Å². The van der Waals surface area contributed by atoms with E-state index in [1.54, 1.807) is 30.3 Å². The van der Waals surface area contributed by atoms with E-state index in [2.05, 4.69) is 14.9 Å². The molecule has 1 aliphatic rings. The zero-order valence-corrected chi connectivity index (χ0v) is 15.3. The molecular weight excluding hydrogens is 394 g/mol. The standard InChI is InChI=1S/C19H15F4N3OS/c20-16-4-2-1-3-15(16)17-24-25-18(26(17)13-7-8-13)28-11-12-5-9-14(10-6-12)27-19(21,22)23/h1-6,9-10,13H,7-8,11H2. The molecule has 1 aromatic heterocycles. The van der Waals surface area contributed by atoms with Gasteiger partial charge in [0.05, 0.1) is 5.56 Å². The molecule has 0 spiro atoms. The Labute approximate surface area is 162 Å². The van der Waals surface area contributed by atoms with Crippen molar-refractivity contribution in [2.45, 2.75) is 36.2 Å². The summed E-state index contributed by atoms with van der Waals surface area (Å²) in [7, 11) is 0. The number of halogens is 4. The van der Waals surface area contributed by atoms with Crippen LogP contribution in [0.5, 0.6) is 5.75 Å². The van der Waals surface area contributed by atoms with Gasteiger partial charge in [0.15, 0.2) is 11.0 Å². The van der Waals surface area contributed by atoms with Gasteiger partial charge in [-0.25, -0.2) is 4.39 Å². The summed E-state index contributed by atoms with van der Waals surface area (Å²) in [6.45, 7) is 0. The minimum Gasteiger partial charge on any atom is -0.406 e. The van der Waals surface area contributed by atoms with Gasteiger partial charge >= 0.3 is 6.36 Å². The lowest BCUT2D eigenvalue weighted by molar-refractivity contribution is -0.274. The maximum absolute atomic E-state index is 14.2. The highest BCUT2D eigenvalue weighted by atomic mass is 32.2. The maximum Gasteiger partial charge on any atom is 0.573 e. The third-order valence-electron chi connectivity index (χ3n) is 4.22. The Morgan fingerprint density at radius 2 is 1.75 bits per heavy atom. The predicted molar refractivity (Wildman–Crippen MR) is 96.4 cm³/mol. The molecule has 1 aliphatic carbocycles. The van der Waals surface area contributed by atoms with Gasteiger partial charge < -0.3 is 4.74 Å². The molecule has 0 aliphatic heterocycles. The number of rotatable bonds is 6. The Bertz CT molecular complexity index is 968. The van der Waals surface area contributed by atoms with Gasteiger partial charge in [-0.1, -0.05) is 36.0 Å². The zero-order chi connectivity index (χ0) is 19.7. The zero-order valence-electron chi connectivity index (χ0n) is 14.5. The molecule has 0 saturated heterocycles. The average molecular weight is 409 g/mol. The van der Waals surface area contributed by atoms with Crippen molar-refractivity contribution >= 4 is 11.8 Å². The highest BCUT2D eigenvalue weighted by Crippen LogP contribution is 2.42. The number of aromatic nitrogens is 3. The van der Waals surface area contributed by atoms with Crippen molar-refractivity contribution < 1.29 is 22.3 Å². The lowest BCUT2D eigenvalue weighted by Gasteiger charge is -2.10. The van der Waals surface area contributed by atoms with Crippen molar-refractivity contribution in [2.24, 2.45) is 0 Å². The molecule has 28 heavy (non-hydrogen) atoms. The Hall–Kier alpha value is -2.55. The van der Waals surface area contributed by atoms with Gasteiger partial charge in [-0.15, -0.1) is 23.4 Å². The fourth-order valence-electron chi connectivity index (χ4n) is 2.80. The van der Waals surface area contributed by atoms with Crippen LogP contribution in [0.3, 0.4) is 0 Å². The highest BCUT2D eigenvalue weighted by Gasteiger charge is 2.32. The van der Waals surface area contributed by atoms with Crippen molar-refractivity contribution in [2.75, 3.05) is 0 Å². The smallest absolute Gasteiger partial charge is 0.406 e. The summed E-state index contributed by atoms with van der Waals surface area (Å²) in [6.07, 6.45) is -2.74. The highest BCUT2D eigenvalue weighted by molar-refractivity contribution is 7.98. The van der Waals surface area contributed by atoms with Gasteiger partial charge in [0.25, 0.3) is 0 Å². The molecule has 0 bridgehead atoms. The maximum atomic E-state index is 14.2. The molecule has 0 radical (unpaired) electrons. The first-order valence-corrected chi connectivity index (χ1v) is 9.56. The number of hydrogen-bond acceptors (Lipinski definition) is 4. The molecule has 0 N–H and O–H groups in total. The monoisotopic (exact) mass is 409 g/mol. The SMILES string of the molecule is Fc1ccccc1-c1nnc(SCc2ccc(OC(F)(F)F)cc2)n1C1CC1. The largest absolute Gasteiger partial charge is 0.573 e. The molecule has 0 amide bonds. The minimum absolute atomic E-state index is 0.245. The lowest BCUT2D eigenvalue weighted by Crippen LogP contribution is -2.16. The van der Waals surface area contributed by atoms with E-state index in [-0.39, 0.29) is 17.6 Å². The second-order valence-corrected chi connectivity index (χ2v) is 7.31. The fourth-order valence-corrected chi connectivity index (χ4v) is 3.76. The first-order chi connectivity index (χ1) is 13.4. The van der Waals surface area contributed by atoms with Gasteiger partial charge in [-0.05, 0) is 42.7 Å². The Morgan fingerprint density at radius 1 is 1.04 bits per heavy atom. The third kappa shape index (κ3) is 4.30. The van der Waals surface area contributed by atoms with E-state index >= 15 is 0 Å². The molecule has 0 unspecified atom stereocenters. The van der Waals surface area contributed by atoms with Crippen molar-refractivity contribution in [3.63, 3.8) is 0 Å². The van der Waals surface area contributed by atoms with Crippen LogP contribution >= 0.6 is 11.8 Å². The normalized spacial score (nSPS) is 14.3. The van der Waals surface area contributed by atoms with E-state index in [9.17, 15) is 17.6 Å². The molecule has 4 nitrogen and oxygen atoms in total. The predicted octanol–water partition coefficient (Wildman–Crippen LogP) is 5.61. The molecule has 0 atom stereocenters. The summed E-state index contributed by atoms with van der Waals surface area (Å²) in [6, 6.07) is 12.4. The Morgan fingerprint density at radius 3 is 2.39 bits per heavy atom. The lowest BCUT2D eigenvalue weighted by atomic mass is 10.2. The molecular formula is C19H15F4N3OS. The Balaban J connectivity index is 1.51. The second kappa shape index (κ2) is 7.46. The molecule has 2 aromatic carbocycles. The summed E-state index contributed by atoms with van der Waals surface area (Å²) in [5, 5.41) is 9.06. The number of alkyl halides is 3. The van der Waals surface area contributed by atoms with Gasteiger partial charge in [-0.2, -0.15) is 0 Å². The first kappa shape index (κ1) is 18.8. The van der Waals surface area contributed by atoms with Crippen molar-refractivity contribution in [1.29, 1.82) is 0 Å². The van der Waals surface area contributed by atoms with Gasteiger partial charge in [0, 0.05) is 11.8 Å². The average Bonchev–Trinajstić information content (AvgIpc) is 3.40. The molecule has 146 valence electrons. The first-order valence-electron chi connectivity index (χ1n) is 8.58. The van der Waals surface area contributed by atoms with Crippen LogP contribution in [0.2, 0.25) is 0 Å². The van der Waals surface area contributed by atoms with Crippen LogP contribution < -0.4 is 4.74 Å². The second-order valence-electron chi connectivity index (χ2n) is 6.37. The summed E-state index contributed by atoms with van der Waals surface area (Å²) in [5.41, 5.74) is 1.22. The molecule has 1 saturated carbocycles. The summed E-state index contributed by atoms with van der Waals surface area (Å²) >= 11 is 1.41. The van der Waals surface area contributed by atoms with E-state index in [1.807, 2.05) is 4.57 Å². The van der Waals surface area contributed by atoms with Crippen LogP contribution in [0.15, 0.2) is 53.7 Å². The van der Waals surface area contributed by atoms with Crippen LogP contribution in [-0.2, 0) is 5.75 Å². The van der Waals surface area contributed by atoms with Crippen LogP contribution in [0.1, 0.15) is 24.4 Å². The third-order valence-corrected chi connectivity index (χ3v) is 5.23. The number of benzene rings is 2. The van der Waals surface area contributed by atoms with Crippen LogP contribution in [0.25, 0.3) is 11.4 Å². The van der Waals surface area contributed by atoms with Crippen LogP contribution in [-0.4, -0.2) is 21.1 Å². The van der Waals surface area contributed by atoms with Gasteiger partial charge in [0.1, 0.15) is 11.6 Å². The number of ether oxygens (including phenoxy) is 1. The van der Waals surface area contributed by atoms with Crippen LogP contribution in [0, 0.1) is 5.82 Å². The Kier molecular flexibility index (Phi) is 5.01. The number of hydrogen-bond donors (Lipinski definition) is 0. The van der Waals surface area contributed by atoms with Crippen molar-refractivity contribution in [3.05, 3.63) is 59.9 Å². The summed E-state index contributed by atoms with van der Waals surface area (Å²) in [5.74, 6) is 0.379.